The van der Waals surface area contributed by atoms with Crippen LogP contribution in [-0.2, 0) is 57.5 Å². The third-order valence-electron chi connectivity index (χ3n) is 11.4. The van der Waals surface area contributed by atoms with Gasteiger partial charge in [0.05, 0.1) is 39.1 Å². The van der Waals surface area contributed by atoms with E-state index in [2.05, 4.69) is 26.6 Å². The molecule has 2 bridgehead atoms. The van der Waals surface area contributed by atoms with Crippen LogP contribution >= 0.6 is 0 Å². The first-order valence-corrected chi connectivity index (χ1v) is 21.2. The number of aliphatic carboxylic acids is 5. The normalized spacial score (nSPS) is 23.1. The Hall–Kier alpha value is -6.28. The second-order valence-corrected chi connectivity index (χ2v) is 16.1. The van der Waals surface area contributed by atoms with Crippen molar-refractivity contribution in [3.05, 3.63) is 0 Å². The van der Waals surface area contributed by atoms with E-state index < -0.39 is 146 Å². The van der Waals surface area contributed by atoms with Crippen LogP contribution in [0, 0.1) is 5.92 Å². The van der Waals surface area contributed by atoms with Crippen molar-refractivity contribution in [2.45, 2.75) is 101 Å². The molecule has 0 aliphatic carbocycles. The number of nitrogens with one attached hydrogen (secondary N) is 5. The van der Waals surface area contributed by atoms with Gasteiger partial charge in [0, 0.05) is 51.1 Å². The SMILES string of the molecule is CCCC[C@@H]1NC(=O)[C@@H]2CC[C@H]3C[C@@H](CNC(=O)CC[C@@H](C(=O)O)N(CCN(CC=O)CC(=O)O)CCN(CC(=O)O)CC(=O)O)[C@@H](NC(=O)[C@H](CC(=O)O)NC(=O)CNC1=O)C(=O)N32. The Bertz CT molecular complexity index is 1780. The first kappa shape index (κ1) is 53.1. The van der Waals surface area contributed by atoms with Gasteiger partial charge in [-0.15, -0.1) is 0 Å². The molecule has 26 heteroatoms. The fraction of sp³-hybridized carbons (Fsp3) is 0.692. The predicted molar refractivity (Wildman–Crippen MR) is 219 cm³/mol. The standard InChI is InChI=1S/C39H59N9O17/c1-2-3-4-24-35(60)41-18-29(51)42-25(16-30(52)53)36(61)44-34-22(15-23-5-6-26(37(62)43-24)48(23)38(34)63)17-40-28(50)8-7-27(39(64)65)47(11-9-45(13-14-49)19-31(54)55)12-10-46(20-32(56)57)21-33(58)59/h14,22-27,34H,2-13,15-21H2,1H3,(H,40,50)(H,41,60)(H,42,51)(H,43,62)(H,44,61)(H,52,53)(H,54,55)(H,56,57)(H,58,59)(H,64,65)/t22-,23-,24-,25-,26-,27-,34+/m0/s1. The number of amides is 6. The summed E-state index contributed by atoms with van der Waals surface area (Å²) in [6, 6.07) is -7.32. The topological polar surface area (TPSA) is 379 Å². The number of nitrogens with zero attached hydrogens (tertiary/aromatic N) is 4. The predicted octanol–water partition coefficient (Wildman–Crippen LogP) is -4.68. The van der Waals surface area contributed by atoms with Gasteiger partial charge in [0.15, 0.2) is 0 Å². The molecule has 0 unspecified atom stereocenters. The summed E-state index contributed by atoms with van der Waals surface area (Å²) in [7, 11) is 0. The average Bonchev–Trinajstić information content (AvgIpc) is 3.65. The van der Waals surface area contributed by atoms with Gasteiger partial charge in [-0.05, 0) is 32.1 Å². The van der Waals surface area contributed by atoms with Crippen molar-refractivity contribution in [2.75, 3.05) is 65.4 Å². The van der Waals surface area contributed by atoms with Gasteiger partial charge in [0.1, 0.15) is 36.5 Å². The molecule has 362 valence electrons. The molecule has 3 heterocycles. The van der Waals surface area contributed by atoms with Gasteiger partial charge in [-0.25, -0.2) is 0 Å². The van der Waals surface area contributed by atoms with E-state index in [1.165, 1.54) is 14.7 Å². The van der Waals surface area contributed by atoms with Gasteiger partial charge < -0.3 is 61.8 Å². The number of rotatable bonds is 26. The Morgan fingerprint density at radius 2 is 1.42 bits per heavy atom. The number of hydrogen-bond acceptors (Lipinski definition) is 15. The first-order chi connectivity index (χ1) is 30.7. The van der Waals surface area contributed by atoms with Crippen molar-refractivity contribution in [1.29, 1.82) is 0 Å². The Kier molecular flexibility index (Phi) is 21.1. The van der Waals surface area contributed by atoms with Crippen LogP contribution in [0.4, 0.5) is 0 Å². The summed E-state index contributed by atoms with van der Waals surface area (Å²) in [6.45, 7) is -2.27. The minimum atomic E-state index is -1.71. The largest absolute Gasteiger partial charge is 0.481 e. The smallest absolute Gasteiger partial charge is 0.320 e. The fourth-order valence-corrected chi connectivity index (χ4v) is 8.21. The van der Waals surface area contributed by atoms with E-state index in [0.717, 1.165) is 4.90 Å². The van der Waals surface area contributed by atoms with E-state index in [9.17, 15) is 83.1 Å². The molecule has 0 spiro atoms. The van der Waals surface area contributed by atoms with Gasteiger partial charge in [-0.1, -0.05) is 19.8 Å². The molecule has 3 aliphatic rings. The van der Waals surface area contributed by atoms with Crippen molar-refractivity contribution < 1.29 is 83.1 Å². The maximum atomic E-state index is 14.3. The van der Waals surface area contributed by atoms with Crippen LogP contribution in [0.5, 0.6) is 0 Å². The average molecular weight is 926 g/mol. The van der Waals surface area contributed by atoms with Crippen LogP contribution in [0.1, 0.15) is 64.7 Å². The van der Waals surface area contributed by atoms with E-state index in [4.69, 9.17) is 0 Å². The minimum absolute atomic E-state index is 0.124. The highest BCUT2D eigenvalue weighted by Gasteiger charge is 2.51. The molecule has 0 aromatic heterocycles. The molecule has 10 N–H and O–H groups in total. The highest BCUT2D eigenvalue weighted by atomic mass is 16.4. The van der Waals surface area contributed by atoms with Crippen LogP contribution in [0.25, 0.3) is 0 Å². The summed E-state index contributed by atoms with van der Waals surface area (Å²) in [5.41, 5.74) is 0. The lowest BCUT2D eigenvalue weighted by Crippen LogP contribution is -2.65. The minimum Gasteiger partial charge on any atom is -0.481 e. The molecule has 3 rings (SSSR count). The van der Waals surface area contributed by atoms with Crippen LogP contribution in [-0.4, -0.2) is 218 Å². The van der Waals surface area contributed by atoms with Crippen molar-refractivity contribution in [1.82, 2.24) is 46.2 Å². The Balaban J connectivity index is 1.86. The van der Waals surface area contributed by atoms with E-state index in [0.29, 0.717) is 25.5 Å². The number of carbonyl (C=O) groups is 12. The van der Waals surface area contributed by atoms with E-state index in [1.54, 1.807) is 0 Å². The molecule has 0 radical (unpaired) electrons. The fourth-order valence-electron chi connectivity index (χ4n) is 8.21. The number of unbranched alkanes of at least 4 members (excludes halogenated alkanes) is 1. The lowest BCUT2D eigenvalue weighted by molar-refractivity contribution is -0.149. The van der Waals surface area contributed by atoms with Gasteiger partial charge in [-0.3, -0.25) is 67.4 Å². The maximum Gasteiger partial charge on any atom is 0.320 e. The molecule has 0 aromatic carbocycles. The van der Waals surface area contributed by atoms with Crippen molar-refractivity contribution in [2.24, 2.45) is 5.92 Å². The molecule has 26 nitrogen and oxygen atoms in total. The molecular formula is C39H59N9O17. The third-order valence-corrected chi connectivity index (χ3v) is 11.4. The molecular weight excluding hydrogens is 866 g/mol. The van der Waals surface area contributed by atoms with Crippen LogP contribution in [0.2, 0.25) is 0 Å². The summed E-state index contributed by atoms with van der Waals surface area (Å²) >= 11 is 0. The van der Waals surface area contributed by atoms with Gasteiger partial charge >= 0.3 is 29.8 Å². The summed E-state index contributed by atoms with van der Waals surface area (Å²) < 4.78 is 0. The molecule has 3 saturated heterocycles. The number of carboxylic acid groups (broad SMARTS) is 5. The number of carboxylic acids is 5. The Morgan fingerprint density at radius 1 is 0.785 bits per heavy atom. The number of hydrogen-bond donors (Lipinski definition) is 10. The summed E-state index contributed by atoms with van der Waals surface area (Å²) in [4.78, 5) is 156. The zero-order valence-electron chi connectivity index (χ0n) is 36.0. The maximum absolute atomic E-state index is 14.3. The Labute approximate surface area is 372 Å². The highest BCUT2D eigenvalue weighted by molar-refractivity contribution is 5.98. The van der Waals surface area contributed by atoms with Gasteiger partial charge in [0.25, 0.3) is 0 Å². The highest BCUT2D eigenvalue weighted by Crippen LogP contribution is 2.35. The molecule has 7 atom stereocenters. The molecule has 3 fully saturated rings. The monoisotopic (exact) mass is 925 g/mol. The first-order valence-electron chi connectivity index (χ1n) is 21.2. The van der Waals surface area contributed by atoms with E-state index >= 15 is 0 Å². The molecule has 0 aromatic rings. The van der Waals surface area contributed by atoms with E-state index in [1.807, 2.05) is 6.92 Å². The summed E-state index contributed by atoms with van der Waals surface area (Å²) in [5, 5.41) is 60.2. The van der Waals surface area contributed by atoms with Crippen molar-refractivity contribution >= 4 is 71.6 Å². The van der Waals surface area contributed by atoms with Crippen LogP contribution in [0.3, 0.4) is 0 Å². The molecule has 0 saturated carbocycles. The summed E-state index contributed by atoms with van der Waals surface area (Å²) in [6.07, 6.45) is 0.759. The molecule has 6 amide bonds. The quantitative estimate of drug-likeness (QED) is 0.0365. The number of aldehydes is 1. The lowest BCUT2D eigenvalue weighted by Gasteiger charge is -2.42. The zero-order chi connectivity index (χ0) is 48.4. The summed E-state index contributed by atoms with van der Waals surface area (Å²) in [5.74, 6) is -12.5. The van der Waals surface area contributed by atoms with Crippen molar-refractivity contribution in [3.63, 3.8) is 0 Å². The van der Waals surface area contributed by atoms with Gasteiger partial charge in [0.2, 0.25) is 35.4 Å². The van der Waals surface area contributed by atoms with Gasteiger partial charge in [-0.2, -0.15) is 0 Å². The number of piperidine rings is 1. The Morgan fingerprint density at radius 3 is 2.00 bits per heavy atom. The second kappa shape index (κ2) is 25.9. The number of carbonyl (C=O) groups excluding carboxylic acids is 7. The van der Waals surface area contributed by atoms with Crippen LogP contribution < -0.4 is 26.6 Å². The second-order valence-electron chi connectivity index (χ2n) is 16.1. The zero-order valence-corrected chi connectivity index (χ0v) is 36.0. The lowest BCUT2D eigenvalue weighted by atomic mass is 9.85. The number of fused-ring (bicyclic) bond motifs is 1. The van der Waals surface area contributed by atoms with E-state index in [-0.39, 0.29) is 65.0 Å². The van der Waals surface area contributed by atoms with Crippen molar-refractivity contribution in [3.8, 4) is 0 Å². The third kappa shape index (κ3) is 17.0. The molecule has 3 aliphatic heterocycles. The van der Waals surface area contributed by atoms with Crippen LogP contribution in [0.15, 0.2) is 0 Å². The molecule has 65 heavy (non-hydrogen) atoms.